The van der Waals surface area contributed by atoms with Crippen molar-refractivity contribution in [2.45, 2.75) is 78.1 Å². The molecular formula is C18H44N4. The van der Waals surface area contributed by atoms with E-state index in [2.05, 4.69) is 13.8 Å². The topological polar surface area (TPSA) is 104 Å². The van der Waals surface area contributed by atoms with Crippen molar-refractivity contribution in [3.63, 3.8) is 0 Å². The molecule has 8 N–H and O–H groups in total. The van der Waals surface area contributed by atoms with E-state index in [1.165, 1.54) is 64.2 Å². The van der Waals surface area contributed by atoms with Crippen LogP contribution in [-0.2, 0) is 0 Å². The highest BCUT2D eigenvalue weighted by atomic mass is 14.5. The zero-order valence-corrected chi connectivity index (χ0v) is 15.4. The van der Waals surface area contributed by atoms with E-state index in [1.54, 1.807) is 0 Å². The molecule has 0 aliphatic rings. The standard InChI is InChI=1S/2C9H22N2/c1-9(6-8-11)5-3-2-4-7-10;1-9(8-11)6-4-2-3-5-7-10/h2*9H,2-8,10-11H2,1H3. The van der Waals surface area contributed by atoms with Crippen molar-refractivity contribution in [1.82, 2.24) is 0 Å². The van der Waals surface area contributed by atoms with Crippen LogP contribution in [0.5, 0.6) is 0 Å². The molecule has 2 unspecified atom stereocenters. The molecule has 0 fully saturated rings. The summed E-state index contributed by atoms with van der Waals surface area (Å²) in [5.74, 6) is 1.51. The second-order valence-electron chi connectivity index (χ2n) is 6.65. The van der Waals surface area contributed by atoms with Gasteiger partial charge < -0.3 is 22.9 Å². The van der Waals surface area contributed by atoms with Gasteiger partial charge in [-0.05, 0) is 63.7 Å². The first-order chi connectivity index (χ1) is 10.6. The van der Waals surface area contributed by atoms with E-state index in [-0.39, 0.29) is 0 Å². The minimum Gasteiger partial charge on any atom is -0.330 e. The van der Waals surface area contributed by atoms with Crippen LogP contribution in [0.4, 0.5) is 0 Å². The number of unbranched alkanes of at least 4 members (excludes halogenated alkanes) is 5. The van der Waals surface area contributed by atoms with Crippen LogP contribution in [0.3, 0.4) is 0 Å². The van der Waals surface area contributed by atoms with E-state index in [9.17, 15) is 0 Å². The Morgan fingerprint density at radius 1 is 0.500 bits per heavy atom. The van der Waals surface area contributed by atoms with Crippen molar-refractivity contribution in [1.29, 1.82) is 0 Å². The molecule has 2 atom stereocenters. The average molecular weight is 317 g/mol. The van der Waals surface area contributed by atoms with Crippen LogP contribution in [-0.4, -0.2) is 26.2 Å². The Morgan fingerprint density at radius 2 is 0.955 bits per heavy atom. The first-order valence-corrected chi connectivity index (χ1v) is 9.42. The van der Waals surface area contributed by atoms with Crippen molar-refractivity contribution in [2.75, 3.05) is 26.2 Å². The molecule has 0 aromatic rings. The van der Waals surface area contributed by atoms with Gasteiger partial charge in [-0.15, -0.1) is 0 Å². The monoisotopic (exact) mass is 316 g/mol. The van der Waals surface area contributed by atoms with Gasteiger partial charge in [0.05, 0.1) is 0 Å². The van der Waals surface area contributed by atoms with Gasteiger partial charge in [-0.25, -0.2) is 0 Å². The van der Waals surface area contributed by atoms with E-state index in [1.807, 2.05) is 0 Å². The van der Waals surface area contributed by atoms with Crippen LogP contribution in [0, 0.1) is 11.8 Å². The smallest absolute Gasteiger partial charge is 0.00515 e. The van der Waals surface area contributed by atoms with Gasteiger partial charge in [0.2, 0.25) is 0 Å². The molecule has 0 aliphatic heterocycles. The minimum absolute atomic E-state index is 0.702. The molecule has 22 heavy (non-hydrogen) atoms. The predicted octanol–water partition coefficient (Wildman–Crippen LogP) is 2.98. The predicted molar refractivity (Wildman–Crippen MR) is 101 cm³/mol. The highest BCUT2D eigenvalue weighted by molar-refractivity contribution is 4.54. The Morgan fingerprint density at radius 3 is 1.41 bits per heavy atom. The maximum Gasteiger partial charge on any atom is -0.00515 e. The van der Waals surface area contributed by atoms with Crippen LogP contribution in [0.15, 0.2) is 0 Å². The second kappa shape index (κ2) is 20.8. The van der Waals surface area contributed by atoms with Gasteiger partial charge in [0.25, 0.3) is 0 Å². The Balaban J connectivity index is 0. The maximum absolute atomic E-state index is 5.49. The highest BCUT2D eigenvalue weighted by Crippen LogP contribution is 2.11. The van der Waals surface area contributed by atoms with E-state index in [0.717, 1.165) is 32.1 Å². The molecule has 0 bridgehead atoms. The van der Waals surface area contributed by atoms with Crippen molar-refractivity contribution in [3.05, 3.63) is 0 Å². The van der Waals surface area contributed by atoms with Crippen molar-refractivity contribution in [2.24, 2.45) is 34.8 Å². The van der Waals surface area contributed by atoms with E-state index >= 15 is 0 Å². The van der Waals surface area contributed by atoms with Crippen LogP contribution in [0.25, 0.3) is 0 Å². The SMILES string of the molecule is CC(CCN)CCCCCN.CC(CN)CCCCCCN. The molecule has 0 saturated carbocycles. The molecule has 0 aromatic carbocycles. The van der Waals surface area contributed by atoms with Crippen molar-refractivity contribution >= 4 is 0 Å². The lowest BCUT2D eigenvalue weighted by Gasteiger charge is -2.08. The molecule has 4 nitrogen and oxygen atoms in total. The minimum atomic E-state index is 0.702. The summed E-state index contributed by atoms with van der Waals surface area (Å²) in [5, 5.41) is 0. The molecule has 0 saturated heterocycles. The first kappa shape index (κ1) is 24.1. The Hall–Kier alpha value is -0.160. The number of nitrogens with two attached hydrogens (primary N) is 4. The van der Waals surface area contributed by atoms with E-state index in [0.29, 0.717) is 5.92 Å². The van der Waals surface area contributed by atoms with Crippen molar-refractivity contribution < 1.29 is 0 Å². The normalized spacial score (nSPS) is 13.4. The van der Waals surface area contributed by atoms with Crippen LogP contribution < -0.4 is 22.9 Å². The molecule has 136 valence electrons. The third kappa shape index (κ3) is 22.1. The lowest BCUT2D eigenvalue weighted by atomic mass is 10.00. The molecule has 0 aromatic heterocycles. The third-order valence-corrected chi connectivity index (χ3v) is 4.11. The fourth-order valence-corrected chi connectivity index (χ4v) is 2.35. The molecule has 0 rings (SSSR count). The lowest BCUT2D eigenvalue weighted by Crippen LogP contribution is -2.10. The summed E-state index contributed by atoms with van der Waals surface area (Å²) in [4.78, 5) is 0. The van der Waals surface area contributed by atoms with Crippen LogP contribution in [0.2, 0.25) is 0 Å². The third-order valence-electron chi connectivity index (χ3n) is 4.11. The summed E-state index contributed by atoms with van der Waals surface area (Å²) >= 11 is 0. The zero-order valence-electron chi connectivity index (χ0n) is 15.4. The summed E-state index contributed by atoms with van der Waals surface area (Å²) in [7, 11) is 0. The number of hydrogen-bond acceptors (Lipinski definition) is 4. The average Bonchev–Trinajstić information content (AvgIpc) is 2.52. The number of hydrogen-bond donors (Lipinski definition) is 4. The molecule has 0 amide bonds. The Labute approximate surface area is 139 Å². The summed E-state index contributed by atoms with van der Waals surface area (Å²) in [6, 6.07) is 0. The van der Waals surface area contributed by atoms with Gasteiger partial charge in [-0.2, -0.15) is 0 Å². The molecular weight excluding hydrogens is 272 g/mol. The summed E-state index contributed by atoms with van der Waals surface area (Å²) in [5.41, 5.74) is 21.7. The molecule has 0 heterocycles. The Kier molecular flexibility index (Phi) is 22.8. The highest BCUT2D eigenvalue weighted by Gasteiger charge is 1.99. The summed E-state index contributed by atoms with van der Waals surface area (Å²) in [6.07, 6.45) is 12.6. The molecule has 0 radical (unpaired) electrons. The Bertz CT molecular complexity index is 188. The quantitative estimate of drug-likeness (QED) is 0.370. The fraction of sp³-hybridized carbons (Fsp3) is 1.00. The van der Waals surface area contributed by atoms with Gasteiger partial charge >= 0.3 is 0 Å². The van der Waals surface area contributed by atoms with Gasteiger partial charge in [-0.3, -0.25) is 0 Å². The van der Waals surface area contributed by atoms with E-state index < -0.39 is 0 Å². The first-order valence-electron chi connectivity index (χ1n) is 9.42. The fourth-order valence-electron chi connectivity index (χ4n) is 2.35. The van der Waals surface area contributed by atoms with E-state index in [4.69, 9.17) is 22.9 Å². The summed E-state index contributed by atoms with van der Waals surface area (Å²) in [6.45, 7) is 7.82. The van der Waals surface area contributed by atoms with Gasteiger partial charge in [0.15, 0.2) is 0 Å². The number of rotatable bonds is 14. The zero-order chi connectivity index (χ0) is 17.1. The van der Waals surface area contributed by atoms with Crippen LogP contribution in [0.1, 0.15) is 78.1 Å². The second-order valence-corrected chi connectivity index (χ2v) is 6.65. The lowest BCUT2D eigenvalue weighted by molar-refractivity contribution is 0.467. The van der Waals surface area contributed by atoms with Crippen molar-refractivity contribution in [3.8, 4) is 0 Å². The van der Waals surface area contributed by atoms with Gasteiger partial charge in [0, 0.05) is 0 Å². The largest absolute Gasteiger partial charge is 0.330 e. The summed E-state index contributed by atoms with van der Waals surface area (Å²) < 4.78 is 0. The van der Waals surface area contributed by atoms with Crippen LogP contribution >= 0.6 is 0 Å². The maximum atomic E-state index is 5.49. The van der Waals surface area contributed by atoms with Gasteiger partial charge in [0.1, 0.15) is 0 Å². The molecule has 0 aliphatic carbocycles. The molecule has 0 spiro atoms. The van der Waals surface area contributed by atoms with Gasteiger partial charge in [-0.1, -0.05) is 52.4 Å². The molecule has 4 heteroatoms.